The topological polar surface area (TPSA) is 29.5 Å². The highest BCUT2D eigenvalue weighted by Gasteiger charge is 2.22. The summed E-state index contributed by atoms with van der Waals surface area (Å²) in [5, 5.41) is 0. The number of ether oxygens (including phenoxy) is 1. The highest BCUT2D eigenvalue weighted by molar-refractivity contribution is 9.11. The second-order valence-corrected chi connectivity index (χ2v) is 6.42. The number of ketones is 1. The normalized spacial score (nSPS) is 20.6. The maximum atomic E-state index is 11.9. The third-order valence-corrected chi connectivity index (χ3v) is 4.43. The van der Waals surface area contributed by atoms with Crippen LogP contribution in [0.3, 0.4) is 0 Å². The molecule has 5 heteroatoms. The predicted molar refractivity (Wildman–Crippen MR) is 68.2 cm³/mol. The molecule has 1 saturated heterocycles. The van der Waals surface area contributed by atoms with Gasteiger partial charge >= 0.3 is 0 Å². The standard InChI is InChI=1S/C11H14BrNO2S/c1-13(8-4-5-15-7-8)6-9(14)10-2-3-11(12)16-10/h2-3,8H,4-7H2,1H3. The van der Waals surface area contributed by atoms with Crippen molar-refractivity contribution in [2.24, 2.45) is 0 Å². The van der Waals surface area contributed by atoms with Gasteiger partial charge in [0.15, 0.2) is 5.78 Å². The number of Topliss-reactive ketones (excluding diaryl/α,β-unsaturated/α-hetero) is 1. The number of thiophene rings is 1. The lowest BCUT2D eigenvalue weighted by molar-refractivity contribution is 0.0911. The summed E-state index contributed by atoms with van der Waals surface area (Å²) in [6.45, 7) is 2.03. The van der Waals surface area contributed by atoms with E-state index in [1.54, 1.807) is 0 Å². The number of carbonyl (C=O) groups excluding carboxylic acids is 1. The van der Waals surface area contributed by atoms with Crippen LogP contribution in [0.5, 0.6) is 0 Å². The first-order valence-electron chi connectivity index (χ1n) is 5.23. The van der Waals surface area contributed by atoms with Crippen LogP contribution in [0.2, 0.25) is 0 Å². The molecule has 16 heavy (non-hydrogen) atoms. The first kappa shape index (κ1) is 12.2. The van der Waals surface area contributed by atoms with Gasteiger partial charge in [-0.15, -0.1) is 11.3 Å². The minimum atomic E-state index is 0.185. The Hall–Kier alpha value is -0.230. The molecule has 0 N–H and O–H groups in total. The Morgan fingerprint density at radius 2 is 2.50 bits per heavy atom. The van der Waals surface area contributed by atoms with Gasteiger partial charge in [0, 0.05) is 12.6 Å². The number of halogens is 1. The molecule has 2 rings (SSSR count). The van der Waals surface area contributed by atoms with Gasteiger partial charge in [0.05, 0.1) is 21.8 Å². The van der Waals surface area contributed by atoms with Gasteiger partial charge in [-0.05, 0) is 41.5 Å². The van der Waals surface area contributed by atoms with Crippen molar-refractivity contribution >= 4 is 33.0 Å². The summed E-state index contributed by atoms with van der Waals surface area (Å²) in [5.41, 5.74) is 0. The Morgan fingerprint density at radius 3 is 3.06 bits per heavy atom. The van der Waals surface area contributed by atoms with Crippen molar-refractivity contribution in [1.82, 2.24) is 4.90 Å². The monoisotopic (exact) mass is 303 g/mol. The molecule has 1 aliphatic heterocycles. The predicted octanol–water partition coefficient (Wildman–Crippen LogP) is 2.41. The van der Waals surface area contributed by atoms with Crippen molar-refractivity contribution in [3.8, 4) is 0 Å². The van der Waals surface area contributed by atoms with E-state index in [9.17, 15) is 4.79 Å². The molecule has 1 fully saturated rings. The van der Waals surface area contributed by atoms with E-state index in [1.807, 2.05) is 19.2 Å². The zero-order valence-corrected chi connectivity index (χ0v) is 11.5. The maximum absolute atomic E-state index is 11.9. The lowest BCUT2D eigenvalue weighted by Gasteiger charge is -2.21. The molecule has 2 heterocycles. The summed E-state index contributed by atoms with van der Waals surface area (Å²) in [5.74, 6) is 0.185. The number of nitrogens with zero attached hydrogens (tertiary/aromatic N) is 1. The molecule has 0 aliphatic carbocycles. The van der Waals surface area contributed by atoms with Crippen LogP contribution >= 0.6 is 27.3 Å². The Bertz CT molecular complexity index is 374. The van der Waals surface area contributed by atoms with Gasteiger partial charge in [-0.1, -0.05) is 0 Å². The third kappa shape index (κ3) is 2.91. The Kier molecular flexibility index (Phi) is 4.13. The molecule has 0 spiro atoms. The molecule has 88 valence electrons. The van der Waals surface area contributed by atoms with Crippen molar-refractivity contribution < 1.29 is 9.53 Å². The number of likely N-dealkylation sites (N-methyl/N-ethyl adjacent to an activating group) is 1. The van der Waals surface area contributed by atoms with Crippen LogP contribution in [0.15, 0.2) is 15.9 Å². The van der Waals surface area contributed by atoms with Crippen LogP contribution < -0.4 is 0 Å². The summed E-state index contributed by atoms with van der Waals surface area (Å²) < 4.78 is 6.31. The SMILES string of the molecule is CN(CC(=O)c1ccc(Br)s1)C1CCOC1. The summed E-state index contributed by atoms with van der Waals surface area (Å²) in [7, 11) is 1.99. The molecule has 0 bridgehead atoms. The van der Waals surface area contributed by atoms with Gasteiger partial charge in [-0.25, -0.2) is 0 Å². The third-order valence-electron chi connectivity index (χ3n) is 2.77. The molecule has 0 saturated carbocycles. The van der Waals surface area contributed by atoms with E-state index in [1.165, 1.54) is 11.3 Å². The molecule has 0 radical (unpaired) electrons. The number of hydrogen-bond acceptors (Lipinski definition) is 4. The minimum Gasteiger partial charge on any atom is -0.380 e. The van der Waals surface area contributed by atoms with Crippen molar-refractivity contribution in [2.75, 3.05) is 26.8 Å². The average Bonchev–Trinajstić information content (AvgIpc) is 2.87. The summed E-state index contributed by atoms with van der Waals surface area (Å²) >= 11 is 4.86. The second-order valence-electron chi connectivity index (χ2n) is 3.96. The fraction of sp³-hybridized carbons (Fsp3) is 0.545. The molecule has 1 aliphatic rings. The van der Waals surface area contributed by atoms with Gasteiger partial charge < -0.3 is 4.74 Å². The van der Waals surface area contributed by atoms with Crippen LogP contribution in [0, 0.1) is 0 Å². The Morgan fingerprint density at radius 1 is 1.69 bits per heavy atom. The first-order valence-corrected chi connectivity index (χ1v) is 6.84. The van der Waals surface area contributed by atoms with Crippen LogP contribution in [0.4, 0.5) is 0 Å². The van der Waals surface area contributed by atoms with Crippen LogP contribution in [0.1, 0.15) is 16.1 Å². The molecule has 3 nitrogen and oxygen atoms in total. The van der Waals surface area contributed by atoms with E-state index in [-0.39, 0.29) is 5.78 Å². The number of hydrogen-bond donors (Lipinski definition) is 0. The van der Waals surface area contributed by atoms with Gasteiger partial charge in [0.2, 0.25) is 0 Å². The minimum absolute atomic E-state index is 0.185. The fourth-order valence-electron chi connectivity index (χ4n) is 1.77. The quantitative estimate of drug-likeness (QED) is 0.800. The largest absolute Gasteiger partial charge is 0.380 e. The second kappa shape index (κ2) is 5.40. The molecule has 0 amide bonds. The van der Waals surface area contributed by atoms with Crippen LogP contribution in [-0.2, 0) is 4.74 Å². The molecule has 0 aromatic carbocycles. The lowest BCUT2D eigenvalue weighted by Crippen LogP contribution is -2.36. The van der Waals surface area contributed by atoms with Crippen molar-refractivity contribution in [2.45, 2.75) is 12.5 Å². The zero-order valence-electron chi connectivity index (χ0n) is 9.11. The van der Waals surface area contributed by atoms with Crippen molar-refractivity contribution in [3.05, 3.63) is 20.8 Å². The summed E-state index contributed by atoms with van der Waals surface area (Å²) in [4.78, 5) is 14.8. The Labute approximate surface area is 108 Å². The van der Waals surface area contributed by atoms with E-state index >= 15 is 0 Å². The highest BCUT2D eigenvalue weighted by atomic mass is 79.9. The molecule has 1 unspecified atom stereocenters. The van der Waals surface area contributed by atoms with E-state index in [0.29, 0.717) is 12.6 Å². The van der Waals surface area contributed by atoms with Crippen LogP contribution in [-0.4, -0.2) is 43.5 Å². The molecular formula is C11H14BrNO2S. The summed E-state index contributed by atoms with van der Waals surface area (Å²) in [6.07, 6.45) is 1.03. The number of rotatable bonds is 4. The molecule has 1 aromatic heterocycles. The van der Waals surface area contributed by atoms with Gasteiger partial charge in [0.1, 0.15) is 0 Å². The molecule has 1 aromatic rings. The van der Waals surface area contributed by atoms with E-state index in [2.05, 4.69) is 20.8 Å². The molecular weight excluding hydrogens is 290 g/mol. The smallest absolute Gasteiger partial charge is 0.186 e. The van der Waals surface area contributed by atoms with Gasteiger partial charge in [-0.2, -0.15) is 0 Å². The lowest BCUT2D eigenvalue weighted by atomic mass is 10.2. The number of carbonyl (C=O) groups is 1. The van der Waals surface area contributed by atoms with E-state index in [0.717, 1.165) is 28.3 Å². The maximum Gasteiger partial charge on any atom is 0.186 e. The van der Waals surface area contributed by atoms with E-state index in [4.69, 9.17) is 4.74 Å². The van der Waals surface area contributed by atoms with Gasteiger partial charge in [0.25, 0.3) is 0 Å². The van der Waals surface area contributed by atoms with E-state index < -0.39 is 0 Å². The summed E-state index contributed by atoms with van der Waals surface area (Å²) in [6, 6.07) is 4.18. The van der Waals surface area contributed by atoms with Crippen molar-refractivity contribution in [3.63, 3.8) is 0 Å². The average molecular weight is 304 g/mol. The zero-order chi connectivity index (χ0) is 11.5. The molecule has 1 atom stereocenters. The fourth-order valence-corrected chi connectivity index (χ4v) is 3.08. The Balaban J connectivity index is 1.91. The van der Waals surface area contributed by atoms with Gasteiger partial charge in [-0.3, -0.25) is 9.69 Å². The van der Waals surface area contributed by atoms with Crippen molar-refractivity contribution in [1.29, 1.82) is 0 Å². The highest BCUT2D eigenvalue weighted by Crippen LogP contribution is 2.23. The van der Waals surface area contributed by atoms with Crippen LogP contribution in [0.25, 0.3) is 0 Å². The first-order chi connectivity index (χ1) is 7.66.